The highest BCUT2D eigenvalue weighted by Crippen LogP contribution is 2.35. The second kappa shape index (κ2) is 9.63. The minimum atomic E-state index is -0.0352. The van der Waals surface area contributed by atoms with E-state index in [9.17, 15) is 4.79 Å². The van der Waals surface area contributed by atoms with Gasteiger partial charge in [-0.25, -0.2) is 0 Å². The van der Waals surface area contributed by atoms with Crippen LogP contribution in [0.15, 0.2) is 41.6 Å². The van der Waals surface area contributed by atoms with Crippen molar-refractivity contribution < 1.29 is 4.79 Å². The molecule has 1 fully saturated rings. The van der Waals surface area contributed by atoms with Gasteiger partial charge in [0.05, 0.1) is 15.6 Å². The molecule has 1 N–H and O–H groups in total. The van der Waals surface area contributed by atoms with Crippen LogP contribution in [0.5, 0.6) is 0 Å². The third kappa shape index (κ3) is 5.38. The van der Waals surface area contributed by atoms with Gasteiger partial charge < -0.3 is 5.32 Å². The van der Waals surface area contributed by atoms with Gasteiger partial charge in [0.15, 0.2) is 0 Å². The van der Waals surface area contributed by atoms with Gasteiger partial charge >= 0.3 is 0 Å². The van der Waals surface area contributed by atoms with Gasteiger partial charge in [-0.3, -0.25) is 9.78 Å². The van der Waals surface area contributed by atoms with Crippen molar-refractivity contribution in [2.45, 2.75) is 55.2 Å². The Morgan fingerprint density at radius 3 is 2.50 bits per heavy atom. The van der Waals surface area contributed by atoms with E-state index >= 15 is 0 Å². The van der Waals surface area contributed by atoms with E-state index in [1.54, 1.807) is 24.2 Å². The number of benzene rings is 1. The average Bonchev–Trinajstić information content (AvgIpc) is 2.90. The highest BCUT2D eigenvalue weighted by molar-refractivity contribution is 7.98. The number of nitrogens with one attached hydrogen (secondary N) is 1. The van der Waals surface area contributed by atoms with Gasteiger partial charge in [-0.05, 0) is 36.6 Å². The van der Waals surface area contributed by atoms with Gasteiger partial charge in [-0.1, -0.05) is 55.0 Å². The van der Waals surface area contributed by atoms with E-state index in [4.69, 9.17) is 23.2 Å². The summed E-state index contributed by atoms with van der Waals surface area (Å²) in [5, 5.41) is 4.44. The third-order valence-corrected chi connectivity index (χ3v) is 6.61. The molecule has 0 bridgehead atoms. The maximum atomic E-state index is 12.6. The molecular formula is C20H22Cl2N2OS. The van der Waals surface area contributed by atoms with Crippen LogP contribution >= 0.6 is 35.0 Å². The van der Waals surface area contributed by atoms with Gasteiger partial charge in [0.1, 0.15) is 0 Å². The summed E-state index contributed by atoms with van der Waals surface area (Å²) in [5.41, 5.74) is 1.58. The van der Waals surface area contributed by atoms with Gasteiger partial charge in [0, 0.05) is 29.1 Å². The Kier molecular flexibility index (Phi) is 7.23. The molecule has 1 saturated carbocycles. The second-order valence-corrected chi connectivity index (χ2v) is 8.38. The lowest BCUT2D eigenvalue weighted by molar-refractivity contribution is 0.0933. The Hall–Kier alpha value is -1.23. The van der Waals surface area contributed by atoms with Crippen LogP contribution in [0.1, 0.15) is 54.4 Å². The zero-order valence-corrected chi connectivity index (χ0v) is 16.8. The Balaban J connectivity index is 1.63. The van der Waals surface area contributed by atoms with Crippen molar-refractivity contribution in [3.63, 3.8) is 0 Å². The molecule has 26 heavy (non-hydrogen) atoms. The molecule has 3 nitrogen and oxygen atoms in total. The standard InChI is InChI=1S/C20H22Cl2N2OS/c21-17-8-5-9-18(22)19(17)26-13-14-10-15(12-23-11-14)20(25)24-16-6-3-1-2-4-7-16/h5,8-12,16H,1-4,6-7,13H2,(H,24,25). The molecule has 1 aromatic heterocycles. The van der Waals surface area contributed by atoms with Gasteiger partial charge in [0.25, 0.3) is 5.91 Å². The molecule has 1 aliphatic carbocycles. The van der Waals surface area contributed by atoms with Crippen molar-refractivity contribution >= 4 is 40.9 Å². The van der Waals surface area contributed by atoms with E-state index in [1.165, 1.54) is 25.7 Å². The highest BCUT2D eigenvalue weighted by atomic mass is 35.5. The lowest BCUT2D eigenvalue weighted by Gasteiger charge is -2.16. The molecule has 6 heteroatoms. The summed E-state index contributed by atoms with van der Waals surface area (Å²) in [6.45, 7) is 0. The summed E-state index contributed by atoms with van der Waals surface area (Å²) in [5.74, 6) is 0.619. The lowest BCUT2D eigenvalue weighted by Crippen LogP contribution is -2.34. The summed E-state index contributed by atoms with van der Waals surface area (Å²) >= 11 is 14.0. The quantitative estimate of drug-likeness (QED) is 0.477. The van der Waals surface area contributed by atoms with Crippen molar-refractivity contribution in [1.82, 2.24) is 10.3 Å². The predicted molar refractivity (Wildman–Crippen MR) is 109 cm³/mol. The van der Waals surface area contributed by atoms with Crippen LogP contribution in [-0.2, 0) is 5.75 Å². The first kappa shape index (κ1) is 19.5. The van der Waals surface area contributed by atoms with Crippen molar-refractivity contribution in [1.29, 1.82) is 0 Å². The van der Waals surface area contributed by atoms with E-state index in [2.05, 4.69) is 10.3 Å². The first-order valence-corrected chi connectivity index (χ1v) is 10.7. The Morgan fingerprint density at radius 1 is 1.12 bits per heavy atom. The number of nitrogens with zero attached hydrogens (tertiary/aromatic N) is 1. The Bertz CT molecular complexity index is 741. The lowest BCUT2D eigenvalue weighted by atomic mass is 10.1. The van der Waals surface area contributed by atoms with Crippen LogP contribution in [0.25, 0.3) is 0 Å². The number of thioether (sulfide) groups is 1. The SMILES string of the molecule is O=C(NC1CCCCCC1)c1cncc(CSc2c(Cl)cccc2Cl)c1. The molecule has 1 amide bonds. The molecule has 2 aromatic rings. The minimum absolute atomic E-state index is 0.0352. The predicted octanol–water partition coefficient (Wildman–Crippen LogP) is 6.13. The average molecular weight is 409 g/mol. The van der Waals surface area contributed by atoms with Gasteiger partial charge in [-0.2, -0.15) is 0 Å². The van der Waals surface area contributed by atoms with Crippen molar-refractivity contribution in [3.8, 4) is 0 Å². The van der Waals surface area contributed by atoms with Crippen LogP contribution in [0.3, 0.4) is 0 Å². The molecule has 0 saturated heterocycles. The van der Waals surface area contributed by atoms with Crippen molar-refractivity contribution in [3.05, 3.63) is 57.8 Å². The third-order valence-electron chi connectivity index (χ3n) is 4.55. The molecule has 0 aliphatic heterocycles. The first-order chi connectivity index (χ1) is 12.6. The summed E-state index contributed by atoms with van der Waals surface area (Å²) in [4.78, 5) is 17.6. The first-order valence-electron chi connectivity index (χ1n) is 8.95. The molecule has 1 heterocycles. The number of pyridine rings is 1. The monoisotopic (exact) mass is 408 g/mol. The molecule has 3 rings (SSSR count). The minimum Gasteiger partial charge on any atom is -0.349 e. The maximum absolute atomic E-state index is 12.6. The number of amides is 1. The number of halogens is 2. The van der Waals surface area contributed by atoms with Crippen molar-refractivity contribution in [2.75, 3.05) is 0 Å². The van der Waals surface area contributed by atoms with Gasteiger partial charge in [-0.15, -0.1) is 11.8 Å². The van der Waals surface area contributed by atoms with E-state index in [-0.39, 0.29) is 11.9 Å². The number of rotatable bonds is 5. The number of hydrogen-bond acceptors (Lipinski definition) is 3. The van der Waals surface area contributed by atoms with E-state index in [0.29, 0.717) is 21.4 Å². The van der Waals surface area contributed by atoms with Crippen LogP contribution in [0.2, 0.25) is 10.0 Å². The second-order valence-electron chi connectivity index (χ2n) is 6.58. The fourth-order valence-corrected chi connectivity index (χ4v) is 4.76. The molecular weight excluding hydrogens is 387 g/mol. The van der Waals surface area contributed by atoms with Crippen molar-refractivity contribution in [2.24, 2.45) is 0 Å². The summed E-state index contributed by atoms with van der Waals surface area (Å²) in [6.07, 6.45) is 10.5. The smallest absolute Gasteiger partial charge is 0.253 e. The fraction of sp³-hybridized carbons (Fsp3) is 0.400. The number of aromatic nitrogens is 1. The summed E-state index contributed by atoms with van der Waals surface area (Å²) in [7, 11) is 0. The van der Waals surface area contributed by atoms with Crippen LogP contribution in [0, 0.1) is 0 Å². The Morgan fingerprint density at radius 2 is 1.81 bits per heavy atom. The van der Waals surface area contributed by atoms with Crippen LogP contribution in [-0.4, -0.2) is 16.9 Å². The molecule has 0 unspecified atom stereocenters. The number of carbonyl (C=O) groups excluding carboxylic acids is 1. The molecule has 0 radical (unpaired) electrons. The largest absolute Gasteiger partial charge is 0.349 e. The topological polar surface area (TPSA) is 42.0 Å². The zero-order chi connectivity index (χ0) is 18.4. The fourth-order valence-electron chi connectivity index (χ4n) is 3.16. The number of hydrogen-bond donors (Lipinski definition) is 1. The normalized spacial score (nSPS) is 15.5. The highest BCUT2D eigenvalue weighted by Gasteiger charge is 2.16. The van der Waals surface area contributed by atoms with Gasteiger partial charge in [0.2, 0.25) is 0 Å². The summed E-state index contributed by atoms with van der Waals surface area (Å²) < 4.78 is 0. The molecule has 0 atom stereocenters. The molecule has 0 spiro atoms. The Labute approximate surface area is 168 Å². The molecule has 138 valence electrons. The van der Waals surface area contributed by atoms with E-state index in [0.717, 1.165) is 23.3 Å². The zero-order valence-electron chi connectivity index (χ0n) is 14.5. The molecule has 1 aromatic carbocycles. The van der Waals surface area contributed by atoms with E-state index < -0.39 is 0 Å². The summed E-state index contributed by atoms with van der Waals surface area (Å²) in [6, 6.07) is 7.66. The maximum Gasteiger partial charge on any atom is 0.253 e. The van der Waals surface area contributed by atoms with E-state index in [1.807, 2.05) is 24.3 Å². The number of carbonyl (C=O) groups is 1. The van der Waals surface area contributed by atoms with Crippen LogP contribution in [0.4, 0.5) is 0 Å². The van der Waals surface area contributed by atoms with Crippen LogP contribution < -0.4 is 5.32 Å². The molecule has 1 aliphatic rings.